The maximum atomic E-state index is 12.6. The summed E-state index contributed by atoms with van der Waals surface area (Å²) in [5.41, 5.74) is 0.829. The molecule has 0 spiro atoms. The highest BCUT2D eigenvalue weighted by molar-refractivity contribution is 7.92. The number of amides is 1. The van der Waals surface area contributed by atoms with Crippen LogP contribution in [0.3, 0.4) is 0 Å². The van der Waals surface area contributed by atoms with Gasteiger partial charge in [-0.05, 0) is 49.2 Å². The van der Waals surface area contributed by atoms with Crippen LogP contribution in [0.2, 0.25) is 0 Å². The minimum absolute atomic E-state index is 0.0423. The van der Waals surface area contributed by atoms with E-state index in [4.69, 9.17) is 9.47 Å². The lowest BCUT2D eigenvalue weighted by Crippen LogP contribution is -2.33. The summed E-state index contributed by atoms with van der Waals surface area (Å²) < 4.78 is 38.0. The van der Waals surface area contributed by atoms with Gasteiger partial charge in [-0.25, -0.2) is 8.42 Å². The maximum Gasteiger partial charge on any atom is 0.262 e. The third-order valence-corrected chi connectivity index (χ3v) is 5.76. The fraction of sp³-hybridized carbons (Fsp3) is 0.350. The standard InChI is InChI=1S/C20H26N2O5S/c1-5-15(6-2)21-20(23)14-7-9-16(10-8-14)22-28(24,25)17-11-12-18(26-3)19(13-17)27-4/h7-13,15,22H,5-6H2,1-4H3,(H,21,23). The minimum Gasteiger partial charge on any atom is -0.493 e. The van der Waals surface area contributed by atoms with Gasteiger partial charge in [0.2, 0.25) is 0 Å². The van der Waals surface area contributed by atoms with Gasteiger partial charge in [0.1, 0.15) is 0 Å². The molecule has 28 heavy (non-hydrogen) atoms. The van der Waals surface area contributed by atoms with E-state index in [0.717, 1.165) is 12.8 Å². The molecule has 2 aromatic rings. The number of methoxy groups -OCH3 is 2. The zero-order valence-electron chi connectivity index (χ0n) is 16.5. The molecule has 2 rings (SSSR count). The van der Waals surface area contributed by atoms with Crippen molar-refractivity contribution in [3.63, 3.8) is 0 Å². The Balaban J connectivity index is 2.15. The average Bonchev–Trinajstić information content (AvgIpc) is 2.71. The molecule has 8 heteroatoms. The number of nitrogens with one attached hydrogen (secondary N) is 2. The lowest BCUT2D eigenvalue weighted by atomic mass is 10.1. The number of carbonyl (C=O) groups excluding carboxylic acids is 1. The van der Waals surface area contributed by atoms with Gasteiger partial charge in [-0.15, -0.1) is 0 Å². The second-order valence-electron chi connectivity index (χ2n) is 6.19. The van der Waals surface area contributed by atoms with Crippen molar-refractivity contribution in [3.05, 3.63) is 48.0 Å². The van der Waals surface area contributed by atoms with E-state index >= 15 is 0 Å². The molecule has 1 amide bonds. The second kappa shape index (κ2) is 9.45. The summed E-state index contributed by atoms with van der Waals surface area (Å²) in [5.74, 6) is 0.580. The summed E-state index contributed by atoms with van der Waals surface area (Å²) in [6.07, 6.45) is 1.71. The van der Waals surface area contributed by atoms with Gasteiger partial charge in [-0.1, -0.05) is 13.8 Å². The predicted molar refractivity (Wildman–Crippen MR) is 109 cm³/mol. The normalized spacial score (nSPS) is 11.2. The van der Waals surface area contributed by atoms with Crippen molar-refractivity contribution in [2.45, 2.75) is 37.6 Å². The van der Waals surface area contributed by atoms with Crippen LogP contribution in [-0.4, -0.2) is 34.6 Å². The summed E-state index contributed by atoms with van der Waals surface area (Å²) >= 11 is 0. The molecule has 7 nitrogen and oxygen atoms in total. The molecule has 0 aliphatic heterocycles. The van der Waals surface area contributed by atoms with E-state index in [0.29, 0.717) is 22.7 Å². The number of anilines is 1. The van der Waals surface area contributed by atoms with Gasteiger partial charge in [0, 0.05) is 23.4 Å². The number of sulfonamides is 1. The smallest absolute Gasteiger partial charge is 0.262 e. The third kappa shape index (κ3) is 5.16. The van der Waals surface area contributed by atoms with Crippen LogP contribution in [0.25, 0.3) is 0 Å². The monoisotopic (exact) mass is 406 g/mol. The highest BCUT2D eigenvalue weighted by Gasteiger charge is 2.18. The van der Waals surface area contributed by atoms with Crippen molar-refractivity contribution in [1.82, 2.24) is 5.32 Å². The molecule has 0 saturated carbocycles. The van der Waals surface area contributed by atoms with E-state index in [2.05, 4.69) is 10.0 Å². The van der Waals surface area contributed by atoms with E-state index in [-0.39, 0.29) is 16.8 Å². The molecule has 152 valence electrons. The Morgan fingerprint density at radius 1 is 0.964 bits per heavy atom. The van der Waals surface area contributed by atoms with Crippen LogP contribution in [0.5, 0.6) is 11.5 Å². The van der Waals surface area contributed by atoms with Gasteiger partial charge in [-0.2, -0.15) is 0 Å². The number of benzene rings is 2. The molecule has 0 aliphatic rings. The Bertz CT molecular complexity index is 907. The van der Waals surface area contributed by atoms with Crippen LogP contribution >= 0.6 is 0 Å². The number of hydrogen-bond donors (Lipinski definition) is 2. The molecule has 0 saturated heterocycles. The highest BCUT2D eigenvalue weighted by Crippen LogP contribution is 2.30. The van der Waals surface area contributed by atoms with Gasteiger partial charge in [0.05, 0.1) is 19.1 Å². The topological polar surface area (TPSA) is 93.7 Å². The van der Waals surface area contributed by atoms with Crippen molar-refractivity contribution in [2.24, 2.45) is 0 Å². The average molecular weight is 407 g/mol. The first-order chi connectivity index (χ1) is 13.3. The van der Waals surface area contributed by atoms with E-state index in [1.165, 1.54) is 32.4 Å². The van der Waals surface area contributed by atoms with Crippen LogP contribution in [0, 0.1) is 0 Å². The minimum atomic E-state index is -3.82. The van der Waals surface area contributed by atoms with Crippen LogP contribution < -0.4 is 19.5 Å². The number of hydrogen-bond acceptors (Lipinski definition) is 5. The molecule has 0 aromatic heterocycles. The van der Waals surface area contributed by atoms with Crippen LogP contribution in [0.4, 0.5) is 5.69 Å². The Morgan fingerprint density at radius 3 is 2.11 bits per heavy atom. The quantitative estimate of drug-likeness (QED) is 0.665. The lowest BCUT2D eigenvalue weighted by molar-refractivity contribution is 0.0935. The first-order valence-electron chi connectivity index (χ1n) is 9.00. The molecule has 0 bridgehead atoms. The highest BCUT2D eigenvalue weighted by atomic mass is 32.2. The van der Waals surface area contributed by atoms with Crippen LogP contribution in [0.1, 0.15) is 37.0 Å². The second-order valence-corrected chi connectivity index (χ2v) is 7.87. The van der Waals surface area contributed by atoms with E-state index in [1.807, 2.05) is 13.8 Å². The third-order valence-electron chi connectivity index (χ3n) is 4.39. The zero-order chi connectivity index (χ0) is 20.7. The summed E-state index contributed by atoms with van der Waals surface area (Å²) in [6.45, 7) is 4.03. The summed E-state index contributed by atoms with van der Waals surface area (Å²) in [6, 6.07) is 10.8. The molecule has 0 fully saturated rings. The van der Waals surface area contributed by atoms with Crippen molar-refractivity contribution in [3.8, 4) is 11.5 Å². The fourth-order valence-corrected chi connectivity index (χ4v) is 3.72. The molecular formula is C20H26N2O5S. The molecule has 0 unspecified atom stereocenters. The Morgan fingerprint density at radius 2 is 1.57 bits per heavy atom. The number of ether oxygens (including phenoxy) is 2. The van der Waals surface area contributed by atoms with Gasteiger partial charge in [-0.3, -0.25) is 9.52 Å². The van der Waals surface area contributed by atoms with Crippen molar-refractivity contribution < 1.29 is 22.7 Å². The van der Waals surface area contributed by atoms with Gasteiger partial charge in [0.15, 0.2) is 11.5 Å². The maximum absolute atomic E-state index is 12.6. The number of rotatable bonds is 9. The van der Waals surface area contributed by atoms with Crippen LogP contribution in [0.15, 0.2) is 47.4 Å². The van der Waals surface area contributed by atoms with Gasteiger partial charge >= 0.3 is 0 Å². The SMILES string of the molecule is CCC(CC)NC(=O)c1ccc(NS(=O)(=O)c2ccc(OC)c(OC)c2)cc1. The predicted octanol–water partition coefficient (Wildman–Crippen LogP) is 3.42. The van der Waals surface area contributed by atoms with Crippen molar-refractivity contribution in [2.75, 3.05) is 18.9 Å². The van der Waals surface area contributed by atoms with Gasteiger partial charge in [0.25, 0.3) is 15.9 Å². The largest absolute Gasteiger partial charge is 0.493 e. The summed E-state index contributed by atoms with van der Waals surface area (Å²) in [7, 11) is -0.902. The molecule has 0 aliphatic carbocycles. The zero-order valence-corrected chi connectivity index (χ0v) is 17.3. The molecular weight excluding hydrogens is 380 g/mol. The van der Waals surface area contributed by atoms with Crippen LogP contribution in [-0.2, 0) is 10.0 Å². The summed E-state index contributed by atoms with van der Waals surface area (Å²) in [5, 5.41) is 2.95. The molecule has 0 heterocycles. The Labute approximate surface area is 166 Å². The fourth-order valence-electron chi connectivity index (χ4n) is 2.65. The van der Waals surface area contributed by atoms with Crippen molar-refractivity contribution in [1.29, 1.82) is 0 Å². The first kappa shape index (κ1) is 21.6. The van der Waals surface area contributed by atoms with Crippen molar-refractivity contribution >= 4 is 21.6 Å². The Hall–Kier alpha value is -2.74. The molecule has 2 N–H and O–H groups in total. The Kier molecular flexibility index (Phi) is 7.28. The lowest BCUT2D eigenvalue weighted by Gasteiger charge is -2.15. The molecule has 0 radical (unpaired) electrons. The molecule has 2 aromatic carbocycles. The van der Waals surface area contributed by atoms with E-state index < -0.39 is 10.0 Å². The van der Waals surface area contributed by atoms with E-state index in [9.17, 15) is 13.2 Å². The first-order valence-corrected chi connectivity index (χ1v) is 10.5. The summed E-state index contributed by atoms with van der Waals surface area (Å²) in [4.78, 5) is 12.3. The number of carbonyl (C=O) groups is 1. The van der Waals surface area contributed by atoms with Gasteiger partial charge < -0.3 is 14.8 Å². The van der Waals surface area contributed by atoms with E-state index in [1.54, 1.807) is 24.3 Å². The molecule has 0 atom stereocenters.